The first-order chi connectivity index (χ1) is 17.7. The second-order valence-electron chi connectivity index (χ2n) is 8.16. The molecule has 1 heterocycles. The molecule has 0 unspecified atom stereocenters. The number of para-hydroxylation sites is 1. The van der Waals surface area contributed by atoms with Crippen molar-refractivity contribution in [3.05, 3.63) is 77.5 Å². The van der Waals surface area contributed by atoms with Crippen LogP contribution in [0.5, 0.6) is 17.2 Å². The highest BCUT2D eigenvalue weighted by Crippen LogP contribution is 2.41. The lowest BCUT2D eigenvalue weighted by molar-refractivity contribution is -0.137. The Hall–Kier alpha value is -4.34. The van der Waals surface area contributed by atoms with Crippen molar-refractivity contribution in [2.45, 2.75) is 12.6 Å². The maximum atomic E-state index is 13.5. The van der Waals surface area contributed by atoms with Crippen molar-refractivity contribution in [3.63, 3.8) is 0 Å². The molecule has 37 heavy (non-hydrogen) atoms. The summed E-state index contributed by atoms with van der Waals surface area (Å²) in [4.78, 5) is 16.2. The van der Waals surface area contributed by atoms with Crippen molar-refractivity contribution >= 4 is 28.2 Å². The van der Waals surface area contributed by atoms with E-state index in [4.69, 9.17) is 14.2 Å². The second kappa shape index (κ2) is 10.7. The summed E-state index contributed by atoms with van der Waals surface area (Å²) >= 11 is 0. The van der Waals surface area contributed by atoms with Crippen LogP contribution in [-0.2, 0) is 12.6 Å². The Labute approximate surface area is 211 Å². The van der Waals surface area contributed by atoms with E-state index in [2.05, 4.69) is 15.6 Å². The number of aromatic amines is 1. The van der Waals surface area contributed by atoms with Gasteiger partial charge in [0.15, 0.2) is 11.5 Å². The predicted molar refractivity (Wildman–Crippen MR) is 135 cm³/mol. The molecule has 0 saturated heterocycles. The zero-order valence-electron chi connectivity index (χ0n) is 20.5. The normalized spacial score (nSPS) is 11.3. The van der Waals surface area contributed by atoms with E-state index in [0.717, 1.165) is 34.7 Å². The van der Waals surface area contributed by atoms with Crippen LogP contribution in [0.3, 0.4) is 0 Å². The largest absolute Gasteiger partial charge is 0.493 e. The van der Waals surface area contributed by atoms with Crippen LogP contribution in [0.25, 0.3) is 10.9 Å². The first-order valence-corrected chi connectivity index (χ1v) is 11.4. The Bertz CT molecular complexity index is 1390. The topological polar surface area (TPSA) is 84.6 Å². The number of hydrogen-bond acceptors (Lipinski definition) is 5. The first-order valence-electron chi connectivity index (χ1n) is 11.4. The lowest BCUT2D eigenvalue weighted by atomic mass is 10.1. The van der Waals surface area contributed by atoms with Gasteiger partial charge in [-0.3, -0.25) is 4.79 Å². The molecule has 194 valence electrons. The number of nitrogens with one attached hydrogen (secondary N) is 3. The van der Waals surface area contributed by atoms with Gasteiger partial charge in [0.25, 0.3) is 5.91 Å². The molecule has 0 fully saturated rings. The number of ether oxygens (including phenoxy) is 3. The molecule has 7 nitrogen and oxygen atoms in total. The second-order valence-corrected chi connectivity index (χ2v) is 8.16. The van der Waals surface area contributed by atoms with E-state index in [1.54, 1.807) is 12.1 Å². The molecule has 3 N–H and O–H groups in total. The van der Waals surface area contributed by atoms with E-state index in [0.29, 0.717) is 35.9 Å². The number of H-pyrrole nitrogens is 1. The number of alkyl halides is 3. The van der Waals surface area contributed by atoms with Gasteiger partial charge < -0.3 is 29.8 Å². The summed E-state index contributed by atoms with van der Waals surface area (Å²) in [5.41, 5.74) is 1.51. The number of benzene rings is 3. The van der Waals surface area contributed by atoms with Gasteiger partial charge in [0.2, 0.25) is 5.75 Å². The number of amides is 1. The van der Waals surface area contributed by atoms with Gasteiger partial charge in [0.1, 0.15) is 0 Å². The summed E-state index contributed by atoms with van der Waals surface area (Å²) in [6.45, 7) is 0.297. The smallest absolute Gasteiger partial charge is 0.416 e. The minimum absolute atomic E-state index is 0.0197. The van der Waals surface area contributed by atoms with E-state index in [-0.39, 0.29) is 11.3 Å². The highest BCUT2D eigenvalue weighted by molar-refractivity contribution is 6.00. The lowest BCUT2D eigenvalue weighted by Gasteiger charge is -2.18. The quantitative estimate of drug-likeness (QED) is 0.258. The van der Waals surface area contributed by atoms with Gasteiger partial charge in [-0.05, 0) is 36.2 Å². The average Bonchev–Trinajstić information content (AvgIpc) is 3.30. The fraction of sp³-hybridized carbons (Fsp3) is 0.222. The van der Waals surface area contributed by atoms with Crippen LogP contribution in [0.1, 0.15) is 21.5 Å². The molecular weight excluding hydrogens is 487 g/mol. The maximum Gasteiger partial charge on any atom is 0.416 e. The van der Waals surface area contributed by atoms with Crippen LogP contribution in [-0.4, -0.2) is 38.8 Å². The van der Waals surface area contributed by atoms with Crippen molar-refractivity contribution in [3.8, 4) is 17.2 Å². The third-order valence-corrected chi connectivity index (χ3v) is 5.89. The molecule has 0 aliphatic heterocycles. The summed E-state index contributed by atoms with van der Waals surface area (Å²) in [5, 5.41) is 6.77. The number of rotatable bonds is 9. The highest BCUT2D eigenvalue weighted by atomic mass is 19.4. The molecule has 1 amide bonds. The van der Waals surface area contributed by atoms with Gasteiger partial charge in [0.05, 0.1) is 38.1 Å². The van der Waals surface area contributed by atoms with Gasteiger partial charge in [0, 0.05) is 41.5 Å². The van der Waals surface area contributed by atoms with Crippen LogP contribution in [0.15, 0.2) is 60.8 Å². The molecule has 10 heteroatoms. The van der Waals surface area contributed by atoms with Crippen LogP contribution in [0, 0.1) is 0 Å². The number of hydrogen-bond donors (Lipinski definition) is 3. The molecule has 0 aliphatic carbocycles. The third kappa shape index (κ3) is 5.58. The van der Waals surface area contributed by atoms with Gasteiger partial charge >= 0.3 is 6.18 Å². The number of aromatic nitrogens is 1. The zero-order chi connectivity index (χ0) is 26.6. The molecule has 0 atom stereocenters. The molecule has 1 aromatic heterocycles. The van der Waals surface area contributed by atoms with E-state index in [1.807, 2.05) is 30.5 Å². The number of methoxy groups -OCH3 is 3. The molecule has 0 radical (unpaired) electrons. The highest BCUT2D eigenvalue weighted by Gasteiger charge is 2.31. The van der Waals surface area contributed by atoms with Crippen LogP contribution in [0.4, 0.5) is 24.5 Å². The van der Waals surface area contributed by atoms with Crippen LogP contribution < -0.4 is 24.8 Å². The minimum Gasteiger partial charge on any atom is -0.493 e. The molecule has 4 aromatic rings. The van der Waals surface area contributed by atoms with E-state index in [9.17, 15) is 18.0 Å². The summed E-state index contributed by atoms with van der Waals surface area (Å²) < 4.78 is 56.4. The Morgan fingerprint density at radius 1 is 0.946 bits per heavy atom. The van der Waals surface area contributed by atoms with Crippen LogP contribution in [0.2, 0.25) is 0 Å². The number of carbonyl (C=O) groups excluding carboxylic acids is 1. The first kappa shape index (κ1) is 25.7. The Morgan fingerprint density at radius 2 is 1.65 bits per heavy atom. The maximum absolute atomic E-state index is 13.5. The molecule has 0 saturated carbocycles. The molecule has 3 aromatic carbocycles. The fourth-order valence-corrected chi connectivity index (χ4v) is 4.08. The van der Waals surface area contributed by atoms with Gasteiger partial charge in [-0.15, -0.1) is 0 Å². The monoisotopic (exact) mass is 513 g/mol. The van der Waals surface area contributed by atoms with Gasteiger partial charge in [-0.2, -0.15) is 13.2 Å². The van der Waals surface area contributed by atoms with Crippen molar-refractivity contribution in [2.24, 2.45) is 0 Å². The Kier molecular flexibility index (Phi) is 7.47. The number of carbonyl (C=O) groups is 1. The van der Waals surface area contributed by atoms with E-state index in [1.165, 1.54) is 21.3 Å². The van der Waals surface area contributed by atoms with Gasteiger partial charge in [-0.25, -0.2) is 0 Å². The summed E-state index contributed by atoms with van der Waals surface area (Å²) in [7, 11) is 4.30. The summed E-state index contributed by atoms with van der Waals surface area (Å²) in [6, 6.07) is 13.8. The third-order valence-electron chi connectivity index (χ3n) is 5.89. The molecule has 4 rings (SSSR count). The zero-order valence-corrected chi connectivity index (χ0v) is 20.5. The predicted octanol–water partition coefficient (Wildman–Crippen LogP) is 5.93. The SMILES string of the molecule is COc1cc(Nc2cc(C(F)(F)F)ccc2C(=O)NCCc2c[nH]c3ccccc23)cc(OC)c1OC. The number of fused-ring (bicyclic) bond motifs is 1. The standard InChI is InChI=1S/C27H26F3N3O4/c1-35-23-13-18(14-24(36-2)25(23)37-3)33-22-12-17(27(28,29)30)8-9-20(22)26(34)31-11-10-16-15-32-21-7-5-4-6-19(16)21/h4-9,12-15,32-33H,10-11H2,1-3H3,(H,31,34). The van der Waals surface area contributed by atoms with Crippen molar-refractivity contribution < 1.29 is 32.2 Å². The van der Waals surface area contributed by atoms with Crippen molar-refractivity contribution in [2.75, 3.05) is 33.2 Å². The van der Waals surface area contributed by atoms with Crippen molar-refractivity contribution in [1.29, 1.82) is 0 Å². The molecular formula is C27H26F3N3O4. The summed E-state index contributed by atoms with van der Waals surface area (Å²) in [6.07, 6.45) is -2.16. The summed E-state index contributed by atoms with van der Waals surface area (Å²) in [5.74, 6) is 0.431. The fourth-order valence-electron chi connectivity index (χ4n) is 4.08. The molecule has 0 spiro atoms. The number of anilines is 2. The van der Waals surface area contributed by atoms with E-state index < -0.39 is 17.6 Å². The average molecular weight is 514 g/mol. The van der Waals surface area contributed by atoms with E-state index >= 15 is 0 Å². The Morgan fingerprint density at radius 3 is 2.30 bits per heavy atom. The number of halogens is 3. The van der Waals surface area contributed by atoms with Gasteiger partial charge in [-0.1, -0.05) is 18.2 Å². The molecule has 0 bridgehead atoms. The van der Waals surface area contributed by atoms with Crippen molar-refractivity contribution in [1.82, 2.24) is 10.3 Å². The molecule has 0 aliphatic rings. The van der Waals surface area contributed by atoms with Crippen LogP contribution >= 0.6 is 0 Å². The Balaban J connectivity index is 1.60. The lowest BCUT2D eigenvalue weighted by Crippen LogP contribution is -2.26. The minimum atomic E-state index is -4.59.